The second-order valence-corrected chi connectivity index (χ2v) is 10.0. The molecule has 2 saturated heterocycles. The number of aryl methyl sites for hydroxylation is 1. The van der Waals surface area contributed by atoms with Crippen LogP contribution in [0.5, 0.6) is 0 Å². The second-order valence-electron chi connectivity index (χ2n) is 10.0. The highest BCUT2D eigenvalue weighted by Gasteiger charge is 2.40. The van der Waals surface area contributed by atoms with E-state index in [1.54, 1.807) is 9.42 Å². The molecular formula is C23H32N8O3. The van der Waals surface area contributed by atoms with Crippen molar-refractivity contribution in [2.24, 2.45) is 22.0 Å². The highest BCUT2D eigenvalue weighted by atomic mass is 16.3. The maximum Gasteiger partial charge on any atom is 0.251 e. The van der Waals surface area contributed by atoms with Crippen LogP contribution in [0.1, 0.15) is 62.2 Å². The van der Waals surface area contributed by atoms with Gasteiger partial charge in [0.1, 0.15) is 5.82 Å². The van der Waals surface area contributed by atoms with Gasteiger partial charge in [0.2, 0.25) is 0 Å². The summed E-state index contributed by atoms with van der Waals surface area (Å²) in [6.07, 6.45) is 7.41. The SMILES string of the molecule is Cc1cn2nc([C@@H]3CCCCN3C(=O)C(CC(N=O)C3CC3)N=O)cc2nc1N1CC[C@H](N)C1. The first-order valence-electron chi connectivity index (χ1n) is 12.3. The largest absolute Gasteiger partial charge is 0.355 e. The number of anilines is 1. The number of rotatable bonds is 8. The number of piperidine rings is 1. The Balaban J connectivity index is 1.39. The number of hydrogen-bond acceptors (Lipinski definition) is 9. The van der Waals surface area contributed by atoms with Crippen LogP contribution in [0.15, 0.2) is 22.6 Å². The maximum atomic E-state index is 13.4. The Bertz CT molecular complexity index is 1080. The topological polar surface area (TPSA) is 139 Å². The highest BCUT2D eigenvalue weighted by Crippen LogP contribution is 2.38. The summed E-state index contributed by atoms with van der Waals surface area (Å²) >= 11 is 0. The standard InChI is InChI=1S/C23H32N8O3/c1-14-12-31-21(25-22(14)29-9-7-16(24)13-29)11-18(26-31)20-4-2-3-8-30(20)23(32)19(28-34)10-17(27-33)15-5-6-15/h11-12,15-17,19-20H,2-10,13,24H2,1H3/t16-,17?,19?,20-/m0/s1. The maximum absolute atomic E-state index is 13.4. The van der Waals surface area contributed by atoms with Gasteiger partial charge in [-0.1, -0.05) is 10.4 Å². The van der Waals surface area contributed by atoms with Crippen LogP contribution < -0.4 is 10.6 Å². The van der Waals surface area contributed by atoms with Gasteiger partial charge in [-0.25, -0.2) is 9.50 Å². The molecule has 1 saturated carbocycles. The average molecular weight is 469 g/mol. The zero-order valence-electron chi connectivity index (χ0n) is 19.5. The zero-order valence-corrected chi connectivity index (χ0v) is 19.5. The predicted molar refractivity (Wildman–Crippen MR) is 127 cm³/mol. The Morgan fingerprint density at radius 3 is 2.68 bits per heavy atom. The monoisotopic (exact) mass is 468 g/mol. The van der Waals surface area contributed by atoms with Crippen molar-refractivity contribution in [1.82, 2.24) is 19.5 Å². The molecule has 3 fully saturated rings. The van der Waals surface area contributed by atoms with Crippen LogP contribution >= 0.6 is 0 Å². The van der Waals surface area contributed by atoms with Gasteiger partial charge >= 0.3 is 0 Å². The summed E-state index contributed by atoms with van der Waals surface area (Å²) in [6, 6.07) is 0.229. The third-order valence-electron chi connectivity index (χ3n) is 7.45. The van der Waals surface area contributed by atoms with E-state index in [2.05, 4.69) is 15.3 Å². The number of nitrogens with zero attached hydrogens (tertiary/aromatic N) is 7. The van der Waals surface area contributed by atoms with Crippen molar-refractivity contribution in [3.8, 4) is 0 Å². The van der Waals surface area contributed by atoms with Crippen molar-refractivity contribution >= 4 is 17.4 Å². The first-order chi connectivity index (χ1) is 16.5. The van der Waals surface area contributed by atoms with Gasteiger partial charge in [-0.3, -0.25) is 4.79 Å². The van der Waals surface area contributed by atoms with E-state index in [-0.39, 0.29) is 30.3 Å². The molecule has 2 unspecified atom stereocenters. The molecule has 5 rings (SSSR count). The lowest BCUT2D eigenvalue weighted by molar-refractivity contribution is -0.136. The molecule has 1 aliphatic carbocycles. The third kappa shape index (κ3) is 4.40. The smallest absolute Gasteiger partial charge is 0.251 e. The molecule has 0 bridgehead atoms. The fourth-order valence-electron chi connectivity index (χ4n) is 5.40. The molecule has 34 heavy (non-hydrogen) atoms. The summed E-state index contributed by atoms with van der Waals surface area (Å²) in [7, 11) is 0. The van der Waals surface area contributed by atoms with Gasteiger partial charge < -0.3 is 15.5 Å². The number of amides is 1. The van der Waals surface area contributed by atoms with Crippen LogP contribution in [-0.2, 0) is 4.79 Å². The molecule has 0 spiro atoms. The minimum absolute atomic E-state index is 0.0902. The molecule has 0 radical (unpaired) electrons. The molecule has 11 nitrogen and oxygen atoms in total. The summed E-state index contributed by atoms with van der Waals surface area (Å²) in [6.45, 7) is 4.22. The van der Waals surface area contributed by atoms with Gasteiger partial charge in [0.15, 0.2) is 11.7 Å². The van der Waals surface area contributed by atoms with Gasteiger partial charge in [0.25, 0.3) is 5.91 Å². The van der Waals surface area contributed by atoms with Crippen LogP contribution in [0.2, 0.25) is 0 Å². The molecule has 2 aromatic heterocycles. The summed E-state index contributed by atoms with van der Waals surface area (Å²) in [5.74, 6) is 0.766. The first-order valence-corrected chi connectivity index (χ1v) is 12.3. The zero-order chi connectivity index (χ0) is 23.8. The number of hydrogen-bond donors (Lipinski definition) is 1. The third-order valence-corrected chi connectivity index (χ3v) is 7.45. The van der Waals surface area contributed by atoms with Gasteiger partial charge in [0, 0.05) is 49.9 Å². The molecule has 0 aromatic carbocycles. The van der Waals surface area contributed by atoms with Crippen molar-refractivity contribution in [3.05, 3.63) is 33.3 Å². The van der Waals surface area contributed by atoms with E-state index in [0.29, 0.717) is 6.54 Å². The molecule has 2 N–H and O–H groups in total. The molecule has 2 aliphatic heterocycles. The highest BCUT2D eigenvalue weighted by molar-refractivity contribution is 5.82. The van der Waals surface area contributed by atoms with E-state index in [4.69, 9.17) is 15.8 Å². The summed E-state index contributed by atoms with van der Waals surface area (Å²) in [5, 5.41) is 11.0. The van der Waals surface area contributed by atoms with E-state index in [9.17, 15) is 14.6 Å². The van der Waals surface area contributed by atoms with Gasteiger partial charge in [-0.2, -0.15) is 10.0 Å². The average Bonchev–Trinajstić information content (AvgIpc) is 3.46. The fourth-order valence-corrected chi connectivity index (χ4v) is 5.40. The van der Waals surface area contributed by atoms with Crippen molar-refractivity contribution < 1.29 is 4.79 Å². The van der Waals surface area contributed by atoms with E-state index in [0.717, 1.165) is 74.3 Å². The minimum atomic E-state index is -1.09. The van der Waals surface area contributed by atoms with E-state index in [1.807, 2.05) is 19.2 Å². The Kier molecular flexibility index (Phi) is 6.28. The van der Waals surface area contributed by atoms with Crippen LogP contribution in [0.3, 0.4) is 0 Å². The number of aromatic nitrogens is 3. The van der Waals surface area contributed by atoms with Crippen LogP contribution in [0, 0.1) is 22.7 Å². The molecule has 3 aliphatic rings. The molecular weight excluding hydrogens is 436 g/mol. The summed E-state index contributed by atoms with van der Waals surface area (Å²) in [5.41, 5.74) is 8.58. The quantitative estimate of drug-likeness (QED) is 0.588. The molecule has 2 aromatic rings. The first kappa shape index (κ1) is 22.8. The van der Waals surface area contributed by atoms with Crippen molar-refractivity contribution in [2.75, 3.05) is 24.5 Å². The van der Waals surface area contributed by atoms with E-state index in [1.165, 1.54) is 0 Å². The second kappa shape index (κ2) is 9.36. The molecule has 1 amide bonds. The minimum Gasteiger partial charge on any atom is -0.355 e. The Hall–Kier alpha value is -2.95. The summed E-state index contributed by atoms with van der Waals surface area (Å²) < 4.78 is 1.76. The summed E-state index contributed by atoms with van der Waals surface area (Å²) in [4.78, 5) is 45.0. The predicted octanol–water partition coefficient (Wildman–Crippen LogP) is 2.70. The number of carbonyl (C=O) groups is 1. The lowest BCUT2D eigenvalue weighted by Gasteiger charge is -2.35. The molecule has 11 heteroatoms. The number of nitrogens with two attached hydrogens (primary N) is 1. The van der Waals surface area contributed by atoms with E-state index < -0.39 is 12.1 Å². The number of carbonyl (C=O) groups excluding carboxylic acids is 1. The normalized spacial score (nSPS) is 24.9. The van der Waals surface area contributed by atoms with Crippen molar-refractivity contribution in [1.29, 1.82) is 0 Å². The molecule has 4 atom stereocenters. The number of likely N-dealkylation sites (tertiary alicyclic amines) is 1. The van der Waals surface area contributed by atoms with Crippen LogP contribution in [-0.4, -0.2) is 63.2 Å². The Morgan fingerprint density at radius 2 is 2.00 bits per heavy atom. The van der Waals surface area contributed by atoms with Gasteiger partial charge in [-0.15, -0.1) is 4.91 Å². The van der Waals surface area contributed by atoms with Gasteiger partial charge in [0.05, 0.1) is 17.8 Å². The molecule has 4 heterocycles. The fraction of sp³-hybridized carbons (Fsp3) is 0.696. The van der Waals surface area contributed by atoms with Crippen LogP contribution in [0.4, 0.5) is 5.82 Å². The Labute approximate surface area is 198 Å². The lowest BCUT2D eigenvalue weighted by atomic mass is 9.96. The lowest BCUT2D eigenvalue weighted by Crippen LogP contribution is -2.44. The molecule has 182 valence electrons. The van der Waals surface area contributed by atoms with E-state index >= 15 is 0 Å². The van der Waals surface area contributed by atoms with Crippen LogP contribution in [0.25, 0.3) is 5.65 Å². The number of nitroso groups, excluding NO2 is 2. The number of fused-ring (bicyclic) bond motifs is 1. The van der Waals surface area contributed by atoms with Gasteiger partial charge in [-0.05, 0) is 51.4 Å². The van der Waals surface area contributed by atoms with Crippen molar-refractivity contribution in [2.45, 2.75) is 76.0 Å². The van der Waals surface area contributed by atoms with Crippen molar-refractivity contribution in [3.63, 3.8) is 0 Å². The Morgan fingerprint density at radius 1 is 1.18 bits per heavy atom.